The Kier molecular flexibility index (Phi) is 2.84. The highest BCUT2D eigenvalue weighted by atomic mass is 32.2. The van der Waals surface area contributed by atoms with Gasteiger partial charge in [0.15, 0.2) is 11.4 Å². The van der Waals surface area contributed by atoms with E-state index in [1.165, 1.54) is 0 Å². The zero-order chi connectivity index (χ0) is 14.6. The second-order valence-electron chi connectivity index (χ2n) is 4.05. The molecular formula is C8H7F3O7S. The number of aliphatic hydroxyl groups excluding tert-OH is 1. The maximum absolute atomic E-state index is 12.1. The topological polar surface area (TPSA) is 110 Å². The second kappa shape index (κ2) is 3.84. The Morgan fingerprint density at radius 1 is 1.47 bits per heavy atom. The fraction of sp³-hybridized carbons (Fsp3) is 0.625. The van der Waals surface area contributed by atoms with E-state index in [2.05, 4.69) is 8.92 Å². The van der Waals surface area contributed by atoms with Crippen molar-refractivity contribution < 1.29 is 45.5 Å². The van der Waals surface area contributed by atoms with E-state index in [1.807, 2.05) is 0 Å². The van der Waals surface area contributed by atoms with Crippen LogP contribution in [0.5, 0.6) is 0 Å². The predicted octanol–water partition coefficient (Wildman–Crippen LogP) is -0.842. The molecule has 7 nitrogen and oxygen atoms in total. The Balaban J connectivity index is 2.34. The van der Waals surface area contributed by atoms with Crippen molar-refractivity contribution in [1.82, 2.24) is 0 Å². The average molecular weight is 304 g/mol. The number of rotatable bonds is 2. The quantitative estimate of drug-likeness (QED) is 0.389. The molecule has 0 saturated carbocycles. The number of halogens is 3. The summed E-state index contributed by atoms with van der Waals surface area (Å²) in [5.41, 5.74) is -7.99. The van der Waals surface area contributed by atoms with Crippen LogP contribution >= 0.6 is 0 Å². The summed E-state index contributed by atoms with van der Waals surface area (Å²) in [7, 11) is -6.00. The van der Waals surface area contributed by atoms with Gasteiger partial charge in [0.2, 0.25) is 0 Å². The highest BCUT2D eigenvalue weighted by Gasteiger charge is 2.56. The molecule has 11 heteroatoms. The minimum Gasteiger partial charge on any atom is -0.457 e. The number of carbonyl (C=O) groups is 1. The highest BCUT2D eigenvalue weighted by Crippen LogP contribution is 2.39. The Morgan fingerprint density at radius 3 is 2.58 bits per heavy atom. The zero-order valence-electron chi connectivity index (χ0n) is 8.92. The molecule has 3 atom stereocenters. The van der Waals surface area contributed by atoms with Crippen molar-refractivity contribution in [2.24, 2.45) is 0 Å². The van der Waals surface area contributed by atoms with E-state index in [4.69, 9.17) is 0 Å². The predicted molar refractivity (Wildman–Crippen MR) is 49.6 cm³/mol. The molecule has 1 aliphatic carbocycles. The van der Waals surface area contributed by atoms with Crippen LogP contribution in [0.25, 0.3) is 0 Å². The lowest BCUT2D eigenvalue weighted by Gasteiger charge is -2.25. The number of hydrogen-bond acceptors (Lipinski definition) is 7. The van der Waals surface area contributed by atoms with Gasteiger partial charge < -0.3 is 19.1 Å². The summed E-state index contributed by atoms with van der Waals surface area (Å²) in [5.74, 6) is -2.29. The number of hydrogen-bond donors (Lipinski definition) is 2. The van der Waals surface area contributed by atoms with Gasteiger partial charge in [0.05, 0.1) is 0 Å². The average Bonchev–Trinajstić information content (AvgIpc) is 2.46. The van der Waals surface area contributed by atoms with Gasteiger partial charge in [-0.15, -0.1) is 0 Å². The second-order valence-corrected chi connectivity index (χ2v) is 5.58. The molecule has 0 amide bonds. The van der Waals surface area contributed by atoms with Crippen LogP contribution < -0.4 is 0 Å². The molecule has 2 aliphatic rings. The molecule has 2 rings (SSSR count). The Bertz CT molecular complexity index is 551. The third-order valence-corrected chi connectivity index (χ3v) is 3.62. The van der Waals surface area contributed by atoms with Crippen molar-refractivity contribution in [2.75, 3.05) is 0 Å². The first-order valence-electron chi connectivity index (χ1n) is 4.81. The first-order valence-corrected chi connectivity index (χ1v) is 6.22. The molecule has 0 radical (unpaired) electrons. The van der Waals surface area contributed by atoms with Gasteiger partial charge in [-0.2, -0.15) is 21.6 Å². The van der Waals surface area contributed by atoms with E-state index in [0.717, 1.165) is 0 Å². The summed E-state index contributed by atoms with van der Waals surface area (Å²) in [6.45, 7) is 0. The van der Waals surface area contributed by atoms with Gasteiger partial charge in [-0.05, 0) is 0 Å². The fourth-order valence-corrected chi connectivity index (χ4v) is 2.21. The summed E-state index contributed by atoms with van der Waals surface area (Å²) < 4.78 is 66.1. The van der Waals surface area contributed by atoms with Crippen LogP contribution in [0, 0.1) is 0 Å². The van der Waals surface area contributed by atoms with E-state index < -0.39 is 51.6 Å². The summed E-state index contributed by atoms with van der Waals surface area (Å²) in [6.07, 6.45) is -3.25. The Morgan fingerprint density at radius 2 is 2.05 bits per heavy atom. The van der Waals surface area contributed by atoms with Gasteiger partial charge in [-0.1, -0.05) is 0 Å². The lowest BCUT2D eigenvalue weighted by atomic mass is 9.90. The van der Waals surface area contributed by atoms with Gasteiger partial charge in [0.25, 0.3) is 0 Å². The SMILES string of the molecule is O=C1OC2C[C@@]1(O)C=C(OS(=O)(=O)C(F)(F)F)[C@H]2O. The van der Waals surface area contributed by atoms with Crippen molar-refractivity contribution in [2.45, 2.75) is 29.7 Å². The van der Waals surface area contributed by atoms with E-state index in [9.17, 15) is 36.6 Å². The molecule has 1 aliphatic heterocycles. The van der Waals surface area contributed by atoms with Gasteiger partial charge >= 0.3 is 21.6 Å². The van der Waals surface area contributed by atoms with E-state index in [1.54, 1.807) is 0 Å². The monoisotopic (exact) mass is 304 g/mol. The zero-order valence-corrected chi connectivity index (χ0v) is 9.73. The molecule has 2 N–H and O–H groups in total. The largest absolute Gasteiger partial charge is 0.534 e. The summed E-state index contributed by atoms with van der Waals surface area (Å²) in [5, 5.41) is 19.2. The van der Waals surface area contributed by atoms with Gasteiger partial charge in [0, 0.05) is 12.5 Å². The molecule has 0 aromatic rings. The van der Waals surface area contributed by atoms with Crippen LogP contribution in [0.1, 0.15) is 6.42 Å². The van der Waals surface area contributed by atoms with Crippen LogP contribution in [-0.2, 0) is 23.8 Å². The molecule has 1 saturated heterocycles. The maximum atomic E-state index is 12.1. The molecule has 2 bridgehead atoms. The van der Waals surface area contributed by atoms with Gasteiger partial charge in [0.1, 0.15) is 12.2 Å². The summed E-state index contributed by atoms with van der Waals surface area (Å²) >= 11 is 0. The number of aliphatic hydroxyl groups is 2. The smallest absolute Gasteiger partial charge is 0.457 e. The number of alkyl halides is 3. The number of esters is 1. The van der Waals surface area contributed by atoms with Crippen molar-refractivity contribution in [1.29, 1.82) is 0 Å². The maximum Gasteiger partial charge on any atom is 0.534 e. The summed E-state index contributed by atoms with van der Waals surface area (Å²) in [6, 6.07) is 0. The van der Waals surface area contributed by atoms with Gasteiger partial charge in [-0.25, -0.2) is 4.79 Å². The Labute approximate surface area is 104 Å². The minimum absolute atomic E-state index is 0.397. The highest BCUT2D eigenvalue weighted by molar-refractivity contribution is 7.87. The first-order chi connectivity index (χ1) is 8.46. The molecule has 19 heavy (non-hydrogen) atoms. The van der Waals surface area contributed by atoms with E-state index in [-0.39, 0.29) is 0 Å². The van der Waals surface area contributed by atoms with Crippen LogP contribution in [0.4, 0.5) is 13.2 Å². The summed E-state index contributed by atoms with van der Waals surface area (Å²) in [4.78, 5) is 11.2. The van der Waals surface area contributed by atoms with E-state index in [0.29, 0.717) is 6.08 Å². The lowest BCUT2D eigenvalue weighted by molar-refractivity contribution is -0.152. The minimum atomic E-state index is -6.00. The molecule has 1 fully saturated rings. The standard InChI is InChI=1S/C8H7F3O7S/c9-8(10,11)19(15,16)18-4-2-7(14)1-3(5(4)12)17-6(7)13/h2-3,5,12,14H,1H2/t3?,5-,7+/m0/s1. The number of fused-ring (bicyclic) bond motifs is 2. The molecule has 1 heterocycles. The van der Waals surface area contributed by atoms with Crippen molar-refractivity contribution in [3.8, 4) is 0 Å². The normalized spacial score (nSPS) is 34.8. The van der Waals surface area contributed by atoms with Crippen molar-refractivity contribution >= 4 is 16.1 Å². The van der Waals surface area contributed by atoms with Gasteiger partial charge in [-0.3, -0.25) is 0 Å². The van der Waals surface area contributed by atoms with Crippen LogP contribution in [0.15, 0.2) is 11.8 Å². The van der Waals surface area contributed by atoms with Crippen LogP contribution in [-0.4, -0.2) is 47.9 Å². The molecule has 0 spiro atoms. The third-order valence-electron chi connectivity index (χ3n) is 2.64. The first kappa shape index (κ1) is 14.1. The van der Waals surface area contributed by atoms with E-state index >= 15 is 0 Å². The van der Waals surface area contributed by atoms with Crippen LogP contribution in [0.2, 0.25) is 0 Å². The molecular weight excluding hydrogens is 297 g/mol. The molecule has 1 unspecified atom stereocenters. The third kappa shape index (κ3) is 2.17. The molecule has 0 aromatic heterocycles. The molecule has 0 aromatic carbocycles. The molecule has 108 valence electrons. The number of carbonyl (C=O) groups excluding carboxylic acids is 1. The van der Waals surface area contributed by atoms with Crippen molar-refractivity contribution in [3.63, 3.8) is 0 Å². The van der Waals surface area contributed by atoms with Crippen molar-refractivity contribution in [3.05, 3.63) is 11.8 Å². The Hall–Kier alpha value is -1.33. The fourth-order valence-electron chi connectivity index (χ4n) is 1.72. The van der Waals surface area contributed by atoms with Crippen LogP contribution in [0.3, 0.4) is 0 Å². The lowest BCUT2D eigenvalue weighted by Crippen LogP contribution is -2.40. The number of ether oxygens (including phenoxy) is 1.